The van der Waals surface area contributed by atoms with Gasteiger partial charge in [-0.1, -0.05) is 29.8 Å². The zero-order chi connectivity index (χ0) is 16.4. The SMILES string of the molecule is COc1cccc(OC)c1C(=O)NC1(c2cccc(Cl)c2)CC1. The minimum absolute atomic E-state index is 0.211. The van der Waals surface area contributed by atoms with Crippen LogP contribution in [0.3, 0.4) is 0 Å². The van der Waals surface area contributed by atoms with Crippen LogP contribution in [0.25, 0.3) is 0 Å². The molecule has 0 aliphatic heterocycles. The highest BCUT2D eigenvalue weighted by Gasteiger charge is 2.46. The number of methoxy groups -OCH3 is 2. The zero-order valence-electron chi connectivity index (χ0n) is 13.1. The Labute approximate surface area is 140 Å². The van der Waals surface area contributed by atoms with Crippen LogP contribution in [0.15, 0.2) is 42.5 Å². The Kier molecular flexibility index (Phi) is 4.18. The molecule has 1 fully saturated rings. The number of nitrogens with one attached hydrogen (secondary N) is 1. The lowest BCUT2D eigenvalue weighted by Gasteiger charge is -2.20. The predicted molar refractivity (Wildman–Crippen MR) is 89.4 cm³/mol. The van der Waals surface area contributed by atoms with Gasteiger partial charge in [-0.25, -0.2) is 0 Å². The van der Waals surface area contributed by atoms with Gasteiger partial charge in [0.15, 0.2) is 0 Å². The van der Waals surface area contributed by atoms with Gasteiger partial charge in [-0.3, -0.25) is 4.79 Å². The smallest absolute Gasteiger partial charge is 0.259 e. The first-order valence-electron chi connectivity index (χ1n) is 7.39. The number of hydrogen-bond acceptors (Lipinski definition) is 3. The van der Waals surface area contributed by atoms with Crippen molar-refractivity contribution in [2.45, 2.75) is 18.4 Å². The Morgan fingerprint density at radius 3 is 2.22 bits per heavy atom. The van der Waals surface area contributed by atoms with Gasteiger partial charge in [0.1, 0.15) is 17.1 Å². The number of ether oxygens (including phenoxy) is 2. The zero-order valence-corrected chi connectivity index (χ0v) is 13.8. The minimum atomic E-state index is -0.353. The van der Waals surface area contributed by atoms with E-state index < -0.39 is 0 Å². The van der Waals surface area contributed by atoms with Gasteiger partial charge in [0.05, 0.1) is 19.8 Å². The van der Waals surface area contributed by atoms with Crippen LogP contribution < -0.4 is 14.8 Å². The molecule has 1 saturated carbocycles. The molecule has 2 aromatic rings. The maximum absolute atomic E-state index is 12.8. The summed E-state index contributed by atoms with van der Waals surface area (Å²) in [6.45, 7) is 0. The molecule has 0 bridgehead atoms. The standard InChI is InChI=1S/C18H18ClNO3/c1-22-14-7-4-8-15(23-2)16(14)17(21)20-18(9-10-18)12-5-3-6-13(19)11-12/h3-8,11H,9-10H2,1-2H3,(H,20,21). The maximum Gasteiger partial charge on any atom is 0.259 e. The second-order valence-corrected chi connectivity index (χ2v) is 6.02. The van der Waals surface area contributed by atoms with Gasteiger partial charge >= 0.3 is 0 Å². The number of hydrogen-bond donors (Lipinski definition) is 1. The van der Waals surface area contributed by atoms with E-state index in [1.807, 2.05) is 24.3 Å². The summed E-state index contributed by atoms with van der Waals surface area (Å²) in [5.74, 6) is 0.768. The summed E-state index contributed by atoms with van der Waals surface area (Å²) in [5, 5.41) is 3.78. The highest BCUT2D eigenvalue weighted by molar-refractivity contribution is 6.30. The fraction of sp³-hybridized carbons (Fsp3) is 0.278. The lowest BCUT2D eigenvalue weighted by molar-refractivity contribution is 0.0924. The van der Waals surface area contributed by atoms with Crippen molar-refractivity contribution in [3.05, 3.63) is 58.6 Å². The van der Waals surface area contributed by atoms with Gasteiger partial charge in [-0.05, 0) is 42.7 Å². The van der Waals surface area contributed by atoms with Gasteiger partial charge in [0, 0.05) is 5.02 Å². The molecule has 23 heavy (non-hydrogen) atoms. The topological polar surface area (TPSA) is 47.6 Å². The van der Waals surface area contributed by atoms with Crippen molar-refractivity contribution in [2.24, 2.45) is 0 Å². The molecule has 0 atom stereocenters. The van der Waals surface area contributed by atoms with Crippen molar-refractivity contribution >= 4 is 17.5 Å². The van der Waals surface area contributed by atoms with E-state index in [1.54, 1.807) is 18.2 Å². The first kappa shape index (κ1) is 15.7. The third-order valence-corrected chi connectivity index (χ3v) is 4.37. The third-order valence-electron chi connectivity index (χ3n) is 4.13. The fourth-order valence-corrected chi connectivity index (χ4v) is 2.94. The Hall–Kier alpha value is -2.20. The molecule has 1 aliphatic carbocycles. The van der Waals surface area contributed by atoms with Gasteiger partial charge in [0.25, 0.3) is 5.91 Å². The number of carbonyl (C=O) groups is 1. The van der Waals surface area contributed by atoms with Crippen molar-refractivity contribution in [1.82, 2.24) is 5.32 Å². The molecule has 0 radical (unpaired) electrons. The van der Waals surface area contributed by atoms with Crippen molar-refractivity contribution in [3.8, 4) is 11.5 Å². The average Bonchev–Trinajstić information content (AvgIpc) is 3.34. The molecule has 1 amide bonds. The Bertz CT molecular complexity index is 719. The highest BCUT2D eigenvalue weighted by Crippen LogP contribution is 2.46. The van der Waals surface area contributed by atoms with E-state index in [2.05, 4.69) is 5.32 Å². The molecule has 2 aromatic carbocycles. The number of benzene rings is 2. The van der Waals surface area contributed by atoms with Crippen LogP contribution in [-0.4, -0.2) is 20.1 Å². The van der Waals surface area contributed by atoms with Gasteiger partial charge in [-0.15, -0.1) is 0 Å². The molecule has 0 aromatic heterocycles. The molecule has 5 heteroatoms. The highest BCUT2D eigenvalue weighted by atomic mass is 35.5. The molecule has 0 saturated heterocycles. The van der Waals surface area contributed by atoms with Crippen LogP contribution in [0.1, 0.15) is 28.8 Å². The predicted octanol–water partition coefficient (Wildman–Crippen LogP) is 3.78. The van der Waals surface area contributed by atoms with Crippen LogP contribution >= 0.6 is 11.6 Å². The van der Waals surface area contributed by atoms with Crippen molar-refractivity contribution in [3.63, 3.8) is 0 Å². The number of carbonyl (C=O) groups excluding carboxylic acids is 1. The molecule has 120 valence electrons. The van der Waals surface area contributed by atoms with Crippen LogP contribution in [0, 0.1) is 0 Å². The second-order valence-electron chi connectivity index (χ2n) is 5.58. The molecule has 0 heterocycles. The van der Waals surface area contributed by atoms with E-state index in [0.29, 0.717) is 22.1 Å². The fourth-order valence-electron chi connectivity index (χ4n) is 2.75. The molecule has 0 spiro atoms. The summed E-state index contributed by atoms with van der Waals surface area (Å²) in [6, 6.07) is 12.9. The summed E-state index contributed by atoms with van der Waals surface area (Å²) in [5.41, 5.74) is 1.08. The third kappa shape index (κ3) is 2.99. The van der Waals surface area contributed by atoms with E-state index in [-0.39, 0.29) is 11.4 Å². The number of amides is 1. The van der Waals surface area contributed by atoms with Gasteiger partial charge in [0.2, 0.25) is 0 Å². The minimum Gasteiger partial charge on any atom is -0.496 e. The summed E-state index contributed by atoms with van der Waals surface area (Å²) >= 11 is 6.07. The first-order chi connectivity index (χ1) is 11.1. The van der Waals surface area contributed by atoms with Crippen molar-refractivity contribution < 1.29 is 14.3 Å². The van der Waals surface area contributed by atoms with E-state index in [4.69, 9.17) is 21.1 Å². The lowest BCUT2D eigenvalue weighted by atomic mass is 10.0. The van der Waals surface area contributed by atoms with Crippen molar-refractivity contribution in [2.75, 3.05) is 14.2 Å². The molecule has 0 unspecified atom stereocenters. The maximum atomic E-state index is 12.8. The Morgan fingerprint density at radius 1 is 1.09 bits per heavy atom. The van der Waals surface area contributed by atoms with Gasteiger partial charge in [-0.2, -0.15) is 0 Å². The van der Waals surface area contributed by atoms with Gasteiger partial charge < -0.3 is 14.8 Å². The molecule has 3 rings (SSSR count). The van der Waals surface area contributed by atoms with Crippen molar-refractivity contribution in [1.29, 1.82) is 0 Å². The molecular formula is C18H18ClNO3. The normalized spacial score (nSPS) is 14.9. The number of halogens is 1. The lowest BCUT2D eigenvalue weighted by Crippen LogP contribution is -2.35. The van der Waals surface area contributed by atoms with Crippen LogP contribution in [-0.2, 0) is 5.54 Å². The van der Waals surface area contributed by atoms with E-state index in [1.165, 1.54) is 14.2 Å². The Morgan fingerprint density at radius 2 is 1.70 bits per heavy atom. The molecule has 4 nitrogen and oxygen atoms in total. The number of rotatable bonds is 5. The summed E-state index contributed by atoms with van der Waals surface area (Å²) < 4.78 is 10.6. The molecule has 1 N–H and O–H groups in total. The monoisotopic (exact) mass is 331 g/mol. The Balaban J connectivity index is 1.91. The van der Waals surface area contributed by atoms with Crippen LogP contribution in [0.5, 0.6) is 11.5 Å². The summed E-state index contributed by atoms with van der Waals surface area (Å²) in [6.07, 6.45) is 1.77. The van der Waals surface area contributed by atoms with E-state index in [0.717, 1.165) is 18.4 Å². The van der Waals surface area contributed by atoms with E-state index in [9.17, 15) is 4.79 Å². The van der Waals surface area contributed by atoms with Crippen LogP contribution in [0.4, 0.5) is 0 Å². The largest absolute Gasteiger partial charge is 0.496 e. The second kappa shape index (κ2) is 6.13. The quantitative estimate of drug-likeness (QED) is 0.907. The van der Waals surface area contributed by atoms with Crippen LogP contribution in [0.2, 0.25) is 5.02 Å². The summed E-state index contributed by atoms with van der Waals surface area (Å²) in [4.78, 5) is 12.8. The molecular weight excluding hydrogens is 314 g/mol. The first-order valence-corrected chi connectivity index (χ1v) is 7.77. The molecule has 1 aliphatic rings. The van der Waals surface area contributed by atoms with E-state index >= 15 is 0 Å². The summed E-state index contributed by atoms with van der Waals surface area (Å²) in [7, 11) is 3.07. The average molecular weight is 332 g/mol.